The van der Waals surface area contributed by atoms with Crippen molar-refractivity contribution in [1.29, 1.82) is 10.5 Å². The Hall–Kier alpha value is -3.75. The molecule has 0 unspecified atom stereocenters. The average molecular weight is 458 g/mol. The van der Waals surface area contributed by atoms with Gasteiger partial charge in [-0.2, -0.15) is 10.5 Å². The van der Waals surface area contributed by atoms with Crippen molar-refractivity contribution < 1.29 is 14.0 Å². The molecule has 1 aliphatic heterocycles. The zero-order valence-corrected chi connectivity index (χ0v) is 18.7. The molecule has 5 rings (SSSR count). The fourth-order valence-corrected chi connectivity index (χ4v) is 5.19. The average Bonchev–Trinajstić information content (AvgIpc) is 3.51. The first-order valence-electron chi connectivity index (χ1n) is 11.6. The molecule has 1 aliphatic carbocycles. The number of benzene rings is 1. The molecule has 1 aromatic carbocycles. The lowest BCUT2D eigenvalue weighted by atomic mass is 9.81. The molecular weight excluding hydrogens is 433 g/mol. The van der Waals surface area contributed by atoms with E-state index in [0.717, 1.165) is 43.3 Å². The second kappa shape index (κ2) is 9.24. The van der Waals surface area contributed by atoms with Gasteiger partial charge in [-0.3, -0.25) is 14.6 Å². The molecule has 1 amide bonds. The van der Waals surface area contributed by atoms with Gasteiger partial charge in [0, 0.05) is 31.3 Å². The number of halogens is 1. The number of pyridine rings is 1. The van der Waals surface area contributed by atoms with Crippen LogP contribution in [0.3, 0.4) is 0 Å². The Morgan fingerprint density at radius 3 is 2.65 bits per heavy atom. The summed E-state index contributed by atoms with van der Waals surface area (Å²) in [6.07, 6.45) is 7.54. The SMILES string of the molecule is N#Cc1cc(F)cc([C@@H]2CCON2C(=O)C2CCC(Cn3ccc4ncc(C#N)cc43)CC2)c1. The van der Waals surface area contributed by atoms with E-state index in [1.807, 2.05) is 24.4 Å². The van der Waals surface area contributed by atoms with Crippen molar-refractivity contribution in [1.82, 2.24) is 14.6 Å². The zero-order valence-electron chi connectivity index (χ0n) is 18.7. The highest BCUT2D eigenvalue weighted by Crippen LogP contribution is 2.37. The van der Waals surface area contributed by atoms with Gasteiger partial charge in [0.1, 0.15) is 11.9 Å². The Kier molecular flexibility index (Phi) is 6.00. The van der Waals surface area contributed by atoms with Crippen LogP contribution in [0.4, 0.5) is 4.39 Å². The van der Waals surface area contributed by atoms with E-state index in [4.69, 9.17) is 10.1 Å². The van der Waals surface area contributed by atoms with E-state index in [9.17, 15) is 14.4 Å². The van der Waals surface area contributed by atoms with E-state index in [2.05, 4.69) is 15.6 Å². The summed E-state index contributed by atoms with van der Waals surface area (Å²) in [7, 11) is 0. The van der Waals surface area contributed by atoms with Crippen LogP contribution < -0.4 is 0 Å². The number of aromatic nitrogens is 2. The number of fused-ring (bicyclic) bond motifs is 1. The molecule has 0 spiro atoms. The molecule has 2 aromatic heterocycles. The highest BCUT2D eigenvalue weighted by atomic mass is 19.1. The van der Waals surface area contributed by atoms with Crippen LogP contribution in [-0.4, -0.2) is 27.1 Å². The van der Waals surface area contributed by atoms with Crippen molar-refractivity contribution in [2.75, 3.05) is 6.61 Å². The predicted molar refractivity (Wildman–Crippen MR) is 121 cm³/mol. The van der Waals surface area contributed by atoms with Crippen molar-refractivity contribution in [3.8, 4) is 12.1 Å². The standard InChI is InChI=1S/C26H24FN5O2/c27-22-10-18(13-28)9-21(12-22)24-6-8-34-32(24)26(33)20-3-1-17(2-4-20)16-31-7-5-23-25(31)11-19(14-29)15-30-23/h5,7,9-12,15,17,20,24H,1-4,6,8,16H2/t17?,20?,24-/m0/s1. The fraction of sp³-hybridized carbons (Fsp3) is 0.385. The monoisotopic (exact) mass is 457 g/mol. The summed E-state index contributed by atoms with van der Waals surface area (Å²) in [4.78, 5) is 23.3. The van der Waals surface area contributed by atoms with Crippen molar-refractivity contribution in [2.24, 2.45) is 11.8 Å². The van der Waals surface area contributed by atoms with Gasteiger partial charge in [-0.1, -0.05) is 0 Å². The van der Waals surface area contributed by atoms with Crippen LogP contribution in [0.5, 0.6) is 0 Å². The first kappa shape index (κ1) is 22.1. The third-order valence-electron chi connectivity index (χ3n) is 6.96. The normalized spacial score (nSPS) is 22.4. The lowest BCUT2D eigenvalue weighted by molar-refractivity contribution is -0.183. The molecule has 2 aliphatic rings. The van der Waals surface area contributed by atoms with Crippen molar-refractivity contribution in [3.05, 3.63) is 65.2 Å². The summed E-state index contributed by atoms with van der Waals surface area (Å²) in [5.74, 6) is -0.238. The molecule has 0 radical (unpaired) electrons. The molecule has 7 nitrogen and oxygen atoms in total. The van der Waals surface area contributed by atoms with Gasteiger partial charge in [0.25, 0.3) is 0 Å². The third kappa shape index (κ3) is 4.25. The van der Waals surface area contributed by atoms with Crippen molar-refractivity contribution in [2.45, 2.75) is 44.7 Å². The molecule has 1 atom stereocenters. The lowest BCUT2D eigenvalue weighted by Crippen LogP contribution is -2.37. The van der Waals surface area contributed by atoms with E-state index in [1.54, 1.807) is 12.3 Å². The summed E-state index contributed by atoms with van der Waals surface area (Å²) >= 11 is 0. The Bertz CT molecular complexity index is 1310. The molecular formula is C26H24FN5O2. The number of nitrogens with zero attached hydrogens (tertiary/aromatic N) is 5. The number of carbonyl (C=O) groups excluding carboxylic acids is 1. The van der Waals surface area contributed by atoms with E-state index in [0.29, 0.717) is 30.1 Å². The number of amides is 1. The van der Waals surface area contributed by atoms with Gasteiger partial charge in [-0.25, -0.2) is 9.45 Å². The maximum Gasteiger partial charge on any atom is 0.249 e. The van der Waals surface area contributed by atoms with Crippen LogP contribution in [0, 0.1) is 40.3 Å². The van der Waals surface area contributed by atoms with Crippen LogP contribution in [-0.2, 0) is 16.2 Å². The minimum Gasteiger partial charge on any atom is -0.346 e. The van der Waals surface area contributed by atoms with Crippen molar-refractivity contribution in [3.63, 3.8) is 0 Å². The summed E-state index contributed by atoms with van der Waals surface area (Å²) in [5, 5.41) is 19.7. The van der Waals surface area contributed by atoms with Crippen LogP contribution in [0.1, 0.15) is 54.8 Å². The van der Waals surface area contributed by atoms with Gasteiger partial charge >= 0.3 is 0 Å². The largest absolute Gasteiger partial charge is 0.346 e. The van der Waals surface area contributed by atoms with E-state index >= 15 is 0 Å². The summed E-state index contributed by atoms with van der Waals surface area (Å²) in [6, 6.07) is 11.8. The minimum atomic E-state index is -0.483. The summed E-state index contributed by atoms with van der Waals surface area (Å²) in [5.41, 5.74) is 3.21. The molecule has 3 aromatic rings. The first-order chi connectivity index (χ1) is 16.6. The molecule has 8 heteroatoms. The minimum absolute atomic E-state index is 0.0574. The van der Waals surface area contributed by atoms with Crippen LogP contribution in [0.15, 0.2) is 42.7 Å². The highest BCUT2D eigenvalue weighted by molar-refractivity contribution is 5.79. The van der Waals surface area contributed by atoms with Gasteiger partial charge < -0.3 is 4.57 Å². The topological polar surface area (TPSA) is 94.9 Å². The number of nitriles is 2. The van der Waals surface area contributed by atoms with Gasteiger partial charge in [-0.15, -0.1) is 0 Å². The Labute approximate surface area is 196 Å². The second-order valence-electron chi connectivity index (χ2n) is 9.11. The van der Waals surface area contributed by atoms with Gasteiger partial charge in [-0.05, 0) is 67.5 Å². The summed E-state index contributed by atoms with van der Waals surface area (Å²) < 4.78 is 16.1. The third-order valence-corrected chi connectivity index (χ3v) is 6.96. The lowest BCUT2D eigenvalue weighted by Gasteiger charge is -2.32. The van der Waals surface area contributed by atoms with Crippen LogP contribution >= 0.6 is 0 Å². The number of hydrogen-bond donors (Lipinski definition) is 0. The van der Waals surface area contributed by atoms with Gasteiger partial charge in [0.15, 0.2) is 0 Å². The van der Waals surface area contributed by atoms with E-state index in [-0.39, 0.29) is 23.4 Å². The molecule has 2 fully saturated rings. The highest BCUT2D eigenvalue weighted by Gasteiger charge is 2.37. The van der Waals surface area contributed by atoms with E-state index < -0.39 is 5.82 Å². The maximum absolute atomic E-state index is 14.0. The van der Waals surface area contributed by atoms with Gasteiger partial charge in [0.05, 0.1) is 40.9 Å². The number of rotatable bonds is 4. The summed E-state index contributed by atoms with van der Waals surface area (Å²) in [6.45, 7) is 1.22. The Morgan fingerprint density at radius 2 is 1.88 bits per heavy atom. The fourth-order valence-electron chi connectivity index (χ4n) is 5.19. The van der Waals surface area contributed by atoms with Crippen LogP contribution in [0.25, 0.3) is 11.0 Å². The molecule has 1 saturated carbocycles. The molecule has 172 valence electrons. The number of carbonyl (C=O) groups is 1. The van der Waals surface area contributed by atoms with Gasteiger partial charge in [0.2, 0.25) is 5.91 Å². The number of hydrogen-bond acceptors (Lipinski definition) is 5. The smallest absolute Gasteiger partial charge is 0.249 e. The van der Waals surface area contributed by atoms with E-state index in [1.165, 1.54) is 17.2 Å². The maximum atomic E-state index is 14.0. The molecule has 1 saturated heterocycles. The number of hydroxylamine groups is 2. The Balaban J connectivity index is 1.23. The van der Waals surface area contributed by atoms with Crippen LogP contribution in [0.2, 0.25) is 0 Å². The second-order valence-corrected chi connectivity index (χ2v) is 9.11. The molecule has 34 heavy (non-hydrogen) atoms. The molecule has 0 N–H and O–H groups in total. The Morgan fingerprint density at radius 1 is 1.09 bits per heavy atom. The molecule has 0 bridgehead atoms. The first-order valence-corrected chi connectivity index (χ1v) is 11.6. The zero-order chi connectivity index (χ0) is 23.7. The molecule has 3 heterocycles. The van der Waals surface area contributed by atoms with Crippen molar-refractivity contribution >= 4 is 16.9 Å². The quantitative estimate of drug-likeness (QED) is 0.569. The predicted octanol–water partition coefficient (Wildman–Crippen LogP) is 4.63.